The lowest BCUT2D eigenvalue weighted by molar-refractivity contribution is 0.439. The molecule has 0 atom stereocenters. The summed E-state index contributed by atoms with van der Waals surface area (Å²) in [5.74, 6) is 1.22. The van der Waals surface area contributed by atoms with E-state index >= 15 is 0 Å². The summed E-state index contributed by atoms with van der Waals surface area (Å²) in [5.41, 5.74) is 0.680. The van der Waals surface area contributed by atoms with E-state index in [1.807, 2.05) is 0 Å². The number of nitrogens with zero attached hydrogens (tertiary/aromatic N) is 1. The van der Waals surface area contributed by atoms with Crippen LogP contribution in [0.15, 0.2) is 36.5 Å². The van der Waals surface area contributed by atoms with Gasteiger partial charge < -0.3 is 9.84 Å². The fraction of sp³-hybridized carbons (Fsp3) is 0.0833. The molecule has 4 heteroatoms. The summed E-state index contributed by atoms with van der Waals surface area (Å²) in [7, 11) is 0. The van der Waals surface area contributed by atoms with Gasteiger partial charge in [-0.1, -0.05) is 17.7 Å². The van der Waals surface area contributed by atoms with Crippen molar-refractivity contribution in [2.75, 3.05) is 0 Å². The molecule has 0 amide bonds. The molecule has 0 saturated heterocycles. The summed E-state index contributed by atoms with van der Waals surface area (Å²) in [5, 5.41) is 10.1. The van der Waals surface area contributed by atoms with Crippen LogP contribution in [0.5, 0.6) is 17.4 Å². The van der Waals surface area contributed by atoms with Crippen LogP contribution >= 0.6 is 11.6 Å². The molecule has 0 aliphatic heterocycles. The molecule has 2 aromatic rings. The van der Waals surface area contributed by atoms with Gasteiger partial charge in [-0.15, -0.1) is 0 Å². The number of hydrogen-bond acceptors (Lipinski definition) is 3. The minimum Gasteiger partial charge on any atom is -0.508 e. The lowest BCUT2D eigenvalue weighted by atomic mass is 10.2. The quantitative estimate of drug-likeness (QED) is 0.866. The molecule has 1 aromatic heterocycles. The molecule has 16 heavy (non-hydrogen) atoms. The van der Waals surface area contributed by atoms with E-state index in [0.29, 0.717) is 22.2 Å². The van der Waals surface area contributed by atoms with Crippen molar-refractivity contribution in [1.82, 2.24) is 4.98 Å². The largest absolute Gasteiger partial charge is 0.508 e. The minimum atomic E-state index is 0.200. The Kier molecular flexibility index (Phi) is 2.97. The SMILES string of the molecule is Cc1c(O)cccc1Oc1ccc(Cl)cn1. The first kappa shape index (κ1) is 10.8. The monoisotopic (exact) mass is 235 g/mol. The molecule has 1 aromatic carbocycles. The Bertz CT molecular complexity index is 497. The summed E-state index contributed by atoms with van der Waals surface area (Å²) >= 11 is 5.71. The topological polar surface area (TPSA) is 42.4 Å². The number of aromatic nitrogens is 1. The lowest BCUT2D eigenvalue weighted by Gasteiger charge is -2.08. The van der Waals surface area contributed by atoms with Gasteiger partial charge in [0.1, 0.15) is 11.5 Å². The molecule has 0 radical (unpaired) electrons. The molecule has 0 aliphatic rings. The first-order chi connectivity index (χ1) is 7.66. The molecular formula is C12H10ClNO2. The van der Waals surface area contributed by atoms with Crippen molar-refractivity contribution < 1.29 is 9.84 Å². The van der Waals surface area contributed by atoms with Gasteiger partial charge in [0.25, 0.3) is 0 Å². The highest BCUT2D eigenvalue weighted by atomic mass is 35.5. The highest BCUT2D eigenvalue weighted by Gasteiger charge is 2.05. The number of hydrogen-bond donors (Lipinski definition) is 1. The first-order valence-corrected chi connectivity index (χ1v) is 5.12. The molecule has 0 fully saturated rings. The zero-order valence-electron chi connectivity index (χ0n) is 8.64. The third kappa shape index (κ3) is 2.25. The summed E-state index contributed by atoms with van der Waals surface area (Å²) in [4.78, 5) is 4.01. The van der Waals surface area contributed by atoms with Gasteiger partial charge in [0.2, 0.25) is 5.88 Å². The van der Waals surface area contributed by atoms with E-state index in [1.165, 1.54) is 6.20 Å². The summed E-state index contributed by atoms with van der Waals surface area (Å²) in [6, 6.07) is 8.46. The smallest absolute Gasteiger partial charge is 0.219 e. The number of phenols is 1. The van der Waals surface area contributed by atoms with E-state index in [2.05, 4.69) is 4.98 Å². The van der Waals surface area contributed by atoms with E-state index in [9.17, 15) is 5.11 Å². The van der Waals surface area contributed by atoms with Crippen LogP contribution in [-0.4, -0.2) is 10.1 Å². The maximum Gasteiger partial charge on any atom is 0.219 e. The van der Waals surface area contributed by atoms with Crippen LogP contribution in [0.2, 0.25) is 5.02 Å². The highest BCUT2D eigenvalue weighted by molar-refractivity contribution is 6.30. The number of benzene rings is 1. The molecule has 0 unspecified atom stereocenters. The van der Waals surface area contributed by atoms with Crippen molar-refractivity contribution in [3.8, 4) is 17.4 Å². The fourth-order valence-electron chi connectivity index (χ4n) is 1.25. The fourth-order valence-corrected chi connectivity index (χ4v) is 1.36. The molecule has 2 rings (SSSR count). The predicted octanol–water partition coefficient (Wildman–Crippen LogP) is 3.54. The molecule has 0 bridgehead atoms. The standard InChI is InChI=1S/C12H10ClNO2/c1-8-10(15)3-2-4-11(8)16-12-6-5-9(13)7-14-12/h2-7,15H,1H3. The normalized spacial score (nSPS) is 10.1. The Labute approximate surface area is 98.3 Å². The predicted molar refractivity (Wildman–Crippen MR) is 62.2 cm³/mol. The molecule has 1 heterocycles. The second-order valence-corrected chi connectivity index (χ2v) is 3.75. The molecule has 3 nitrogen and oxygen atoms in total. The van der Waals surface area contributed by atoms with Gasteiger partial charge in [-0.25, -0.2) is 4.98 Å². The van der Waals surface area contributed by atoms with Crippen LogP contribution in [0.3, 0.4) is 0 Å². The maximum absolute atomic E-state index is 9.50. The average molecular weight is 236 g/mol. The number of phenolic OH excluding ortho intramolecular Hbond substituents is 1. The molecule has 0 spiro atoms. The zero-order valence-corrected chi connectivity index (χ0v) is 9.40. The van der Waals surface area contributed by atoms with Crippen molar-refractivity contribution in [1.29, 1.82) is 0 Å². The van der Waals surface area contributed by atoms with Crippen LogP contribution in [0, 0.1) is 6.92 Å². The van der Waals surface area contributed by atoms with Gasteiger partial charge in [-0.2, -0.15) is 0 Å². The second-order valence-electron chi connectivity index (χ2n) is 3.32. The lowest BCUT2D eigenvalue weighted by Crippen LogP contribution is -1.89. The van der Waals surface area contributed by atoms with Gasteiger partial charge in [-0.3, -0.25) is 0 Å². The zero-order chi connectivity index (χ0) is 11.5. The van der Waals surface area contributed by atoms with Crippen LogP contribution in [0.1, 0.15) is 5.56 Å². The van der Waals surface area contributed by atoms with Gasteiger partial charge in [0.15, 0.2) is 0 Å². The summed E-state index contributed by atoms with van der Waals surface area (Å²) in [6.45, 7) is 1.78. The van der Waals surface area contributed by atoms with Gasteiger partial charge in [0, 0.05) is 17.8 Å². The number of pyridine rings is 1. The van der Waals surface area contributed by atoms with E-state index in [4.69, 9.17) is 16.3 Å². The first-order valence-electron chi connectivity index (χ1n) is 4.75. The molecular weight excluding hydrogens is 226 g/mol. The summed E-state index contributed by atoms with van der Waals surface area (Å²) < 4.78 is 5.52. The minimum absolute atomic E-state index is 0.200. The van der Waals surface area contributed by atoms with Crippen molar-refractivity contribution >= 4 is 11.6 Å². The third-order valence-electron chi connectivity index (χ3n) is 2.17. The number of rotatable bonds is 2. The summed E-state index contributed by atoms with van der Waals surface area (Å²) in [6.07, 6.45) is 1.51. The van der Waals surface area contributed by atoms with Crippen LogP contribution in [-0.2, 0) is 0 Å². The molecule has 82 valence electrons. The maximum atomic E-state index is 9.50. The van der Waals surface area contributed by atoms with Crippen molar-refractivity contribution in [3.05, 3.63) is 47.1 Å². The Morgan fingerprint density at radius 3 is 2.75 bits per heavy atom. The second kappa shape index (κ2) is 4.41. The number of ether oxygens (including phenoxy) is 1. The van der Waals surface area contributed by atoms with E-state index in [1.54, 1.807) is 37.3 Å². The van der Waals surface area contributed by atoms with Gasteiger partial charge in [-0.05, 0) is 25.1 Å². The van der Waals surface area contributed by atoms with Crippen molar-refractivity contribution in [3.63, 3.8) is 0 Å². The highest BCUT2D eigenvalue weighted by Crippen LogP contribution is 2.29. The Morgan fingerprint density at radius 1 is 1.25 bits per heavy atom. The van der Waals surface area contributed by atoms with Crippen molar-refractivity contribution in [2.45, 2.75) is 6.92 Å². The Hall–Kier alpha value is -1.74. The van der Waals surface area contributed by atoms with Crippen LogP contribution in [0.25, 0.3) is 0 Å². The van der Waals surface area contributed by atoms with E-state index in [-0.39, 0.29) is 5.75 Å². The van der Waals surface area contributed by atoms with Gasteiger partial charge >= 0.3 is 0 Å². The third-order valence-corrected chi connectivity index (χ3v) is 2.39. The van der Waals surface area contributed by atoms with Gasteiger partial charge in [0.05, 0.1) is 5.02 Å². The Balaban J connectivity index is 2.27. The Morgan fingerprint density at radius 2 is 2.06 bits per heavy atom. The van der Waals surface area contributed by atoms with Crippen molar-refractivity contribution in [2.24, 2.45) is 0 Å². The number of aromatic hydroxyl groups is 1. The van der Waals surface area contributed by atoms with E-state index in [0.717, 1.165) is 0 Å². The molecule has 1 N–H and O–H groups in total. The van der Waals surface area contributed by atoms with Crippen LogP contribution < -0.4 is 4.74 Å². The van der Waals surface area contributed by atoms with E-state index < -0.39 is 0 Å². The molecule has 0 aliphatic carbocycles. The molecule has 0 saturated carbocycles. The van der Waals surface area contributed by atoms with Crippen LogP contribution in [0.4, 0.5) is 0 Å². The number of halogens is 1. The average Bonchev–Trinajstić information content (AvgIpc) is 2.28.